The lowest BCUT2D eigenvalue weighted by Gasteiger charge is -2.25. The molecule has 1 aromatic rings. The minimum Gasteiger partial charge on any atom is -0.348 e. The molecule has 1 unspecified atom stereocenters. The molecule has 3 nitrogen and oxygen atoms in total. The summed E-state index contributed by atoms with van der Waals surface area (Å²) < 4.78 is 14.1. The van der Waals surface area contributed by atoms with Crippen molar-refractivity contribution >= 4 is 21.8 Å². The summed E-state index contributed by atoms with van der Waals surface area (Å²) in [5.41, 5.74) is 0.0683. The van der Waals surface area contributed by atoms with Crippen molar-refractivity contribution < 1.29 is 9.18 Å². The van der Waals surface area contributed by atoms with Gasteiger partial charge in [0.15, 0.2) is 0 Å². The molecule has 106 valence electrons. The highest BCUT2D eigenvalue weighted by Crippen LogP contribution is 2.18. The lowest BCUT2D eigenvalue weighted by atomic mass is 10.0. The Hall–Kier alpha value is -0.940. The third-order valence-corrected chi connectivity index (χ3v) is 3.49. The normalized spacial score (nSPS) is 12.8. The first kappa shape index (κ1) is 16.1. The summed E-state index contributed by atoms with van der Waals surface area (Å²) >= 11 is 3.09. The third-order valence-electron chi connectivity index (χ3n) is 2.88. The zero-order valence-corrected chi connectivity index (χ0v) is 13.3. The van der Waals surface area contributed by atoms with Gasteiger partial charge in [-0.05, 0) is 48.1 Å². The predicted molar refractivity (Wildman–Crippen MR) is 78.7 cm³/mol. The molecule has 0 aliphatic heterocycles. The second kappa shape index (κ2) is 7.01. The van der Waals surface area contributed by atoms with Gasteiger partial charge < -0.3 is 10.2 Å². The minimum absolute atomic E-state index is 0.0131. The lowest BCUT2D eigenvalue weighted by Crippen LogP contribution is -2.45. The highest BCUT2D eigenvalue weighted by atomic mass is 79.9. The molecular formula is C14H20BrFN2O. The number of amides is 1. The van der Waals surface area contributed by atoms with Crippen LogP contribution in [0.25, 0.3) is 0 Å². The number of hydrogen-bond acceptors (Lipinski definition) is 2. The molecule has 0 aliphatic carbocycles. The Labute approximate surface area is 122 Å². The molecule has 1 rings (SSSR count). The quantitative estimate of drug-likeness (QED) is 0.900. The number of hydrogen-bond donors (Lipinski definition) is 1. The number of nitrogens with one attached hydrogen (secondary N) is 1. The fourth-order valence-corrected chi connectivity index (χ4v) is 2.11. The van der Waals surface area contributed by atoms with Gasteiger partial charge in [-0.15, -0.1) is 0 Å². The van der Waals surface area contributed by atoms with Crippen LogP contribution < -0.4 is 5.32 Å². The fraction of sp³-hybridized carbons (Fsp3) is 0.500. The molecule has 5 heteroatoms. The third kappa shape index (κ3) is 4.58. The summed E-state index contributed by atoms with van der Waals surface area (Å²) in [6.45, 7) is 4.79. The first-order valence-electron chi connectivity index (χ1n) is 6.22. The first-order valence-corrected chi connectivity index (χ1v) is 7.01. The summed E-state index contributed by atoms with van der Waals surface area (Å²) in [5, 5.41) is 2.89. The number of halogens is 2. The number of likely N-dealkylation sites (N-methyl/N-ethyl adjacent to an activating group) is 1. The van der Waals surface area contributed by atoms with Gasteiger partial charge in [-0.1, -0.05) is 19.9 Å². The van der Waals surface area contributed by atoms with Crippen molar-refractivity contribution in [2.24, 2.45) is 5.92 Å². The van der Waals surface area contributed by atoms with Crippen LogP contribution in [0.1, 0.15) is 24.2 Å². The molecular weight excluding hydrogens is 311 g/mol. The van der Waals surface area contributed by atoms with Crippen molar-refractivity contribution in [1.82, 2.24) is 10.2 Å². The molecule has 0 saturated heterocycles. The van der Waals surface area contributed by atoms with E-state index in [1.54, 1.807) is 12.1 Å². The molecule has 1 atom stereocenters. The van der Waals surface area contributed by atoms with Crippen LogP contribution in [0.15, 0.2) is 22.7 Å². The van der Waals surface area contributed by atoms with Crippen molar-refractivity contribution in [1.29, 1.82) is 0 Å². The van der Waals surface area contributed by atoms with Crippen molar-refractivity contribution in [2.45, 2.75) is 19.9 Å². The molecule has 1 aromatic carbocycles. The number of benzene rings is 1. The molecule has 1 N–H and O–H groups in total. The van der Waals surface area contributed by atoms with E-state index >= 15 is 0 Å². The highest BCUT2D eigenvalue weighted by Gasteiger charge is 2.20. The first-order chi connectivity index (χ1) is 8.82. The number of rotatable bonds is 5. The van der Waals surface area contributed by atoms with Crippen molar-refractivity contribution in [3.63, 3.8) is 0 Å². The van der Waals surface area contributed by atoms with Crippen LogP contribution in [0.5, 0.6) is 0 Å². The lowest BCUT2D eigenvalue weighted by molar-refractivity contribution is 0.0912. The number of carbonyl (C=O) groups excluding carboxylic acids is 1. The topological polar surface area (TPSA) is 32.3 Å². The van der Waals surface area contributed by atoms with Crippen LogP contribution in [0.3, 0.4) is 0 Å². The van der Waals surface area contributed by atoms with E-state index in [0.29, 0.717) is 4.47 Å². The van der Waals surface area contributed by atoms with E-state index in [9.17, 15) is 9.18 Å². The highest BCUT2D eigenvalue weighted by molar-refractivity contribution is 9.10. The zero-order valence-electron chi connectivity index (χ0n) is 11.7. The molecule has 1 amide bonds. The molecule has 0 bridgehead atoms. The van der Waals surface area contributed by atoms with Gasteiger partial charge in [0.25, 0.3) is 5.91 Å². The average Bonchev–Trinajstić information content (AvgIpc) is 2.31. The van der Waals surface area contributed by atoms with Gasteiger partial charge in [0.2, 0.25) is 0 Å². The Morgan fingerprint density at radius 1 is 1.42 bits per heavy atom. The van der Waals surface area contributed by atoms with E-state index < -0.39 is 5.82 Å². The number of carbonyl (C=O) groups is 1. The largest absolute Gasteiger partial charge is 0.348 e. The van der Waals surface area contributed by atoms with E-state index in [0.717, 1.165) is 6.54 Å². The van der Waals surface area contributed by atoms with Gasteiger partial charge in [-0.2, -0.15) is 0 Å². The summed E-state index contributed by atoms with van der Waals surface area (Å²) in [6.07, 6.45) is 0. The molecule has 0 heterocycles. The average molecular weight is 331 g/mol. The SMILES string of the molecule is CC(C)C(CN(C)C)NC(=O)c1cccc(Br)c1F. The van der Waals surface area contributed by atoms with E-state index in [4.69, 9.17) is 0 Å². The standard InChI is InChI=1S/C14H20BrFN2O/c1-9(2)12(8-18(3)4)17-14(19)10-6-5-7-11(15)13(10)16/h5-7,9,12H,8H2,1-4H3,(H,17,19). The van der Waals surface area contributed by atoms with E-state index in [2.05, 4.69) is 21.2 Å². The van der Waals surface area contributed by atoms with Gasteiger partial charge in [0.1, 0.15) is 5.82 Å². The van der Waals surface area contributed by atoms with Gasteiger partial charge in [-0.25, -0.2) is 4.39 Å². The van der Waals surface area contributed by atoms with Crippen molar-refractivity contribution in [2.75, 3.05) is 20.6 Å². The summed E-state index contributed by atoms with van der Waals surface area (Å²) in [6, 6.07) is 4.70. The monoisotopic (exact) mass is 330 g/mol. The summed E-state index contributed by atoms with van der Waals surface area (Å²) in [5.74, 6) is -0.617. The molecule has 0 spiro atoms. The minimum atomic E-state index is -0.521. The zero-order chi connectivity index (χ0) is 14.6. The number of nitrogens with zero attached hydrogens (tertiary/aromatic N) is 1. The van der Waals surface area contributed by atoms with Crippen molar-refractivity contribution in [3.05, 3.63) is 34.1 Å². The Morgan fingerprint density at radius 2 is 2.05 bits per heavy atom. The molecule has 0 radical (unpaired) electrons. The maximum Gasteiger partial charge on any atom is 0.254 e. The van der Waals surface area contributed by atoms with E-state index in [1.165, 1.54) is 6.07 Å². The predicted octanol–water partition coefficient (Wildman–Crippen LogP) is 2.90. The van der Waals surface area contributed by atoms with Crippen LogP contribution in [0.2, 0.25) is 0 Å². The molecule has 0 fully saturated rings. The Morgan fingerprint density at radius 3 is 2.58 bits per heavy atom. The molecule has 19 heavy (non-hydrogen) atoms. The van der Waals surface area contributed by atoms with Crippen LogP contribution in [-0.2, 0) is 0 Å². The van der Waals surface area contributed by atoms with Gasteiger partial charge in [0, 0.05) is 12.6 Å². The Bertz CT molecular complexity index is 449. The van der Waals surface area contributed by atoms with Gasteiger partial charge >= 0.3 is 0 Å². The van der Waals surface area contributed by atoms with Crippen molar-refractivity contribution in [3.8, 4) is 0 Å². The second-order valence-corrected chi connectivity index (χ2v) is 6.04. The van der Waals surface area contributed by atoms with E-state index in [-0.39, 0.29) is 23.4 Å². The molecule has 0 aromatic heterocycles. The summed E-state index contributed by atoms with van der Waals surface area (Å²) in [7, 11) is 3.89. The van der Waals surface area contributed by atoms with Crippen LogP contribution >= 0.6 is 15.9 Å². The Balaban J connectivity index is 2.85. The maximum absolute atomic E-state index is 13.8. The Kier molecular flexibility index (Phi) is 5.94. The van der Waals surface area contributed by atoms with Crippen LogP contribution in [0.4, 0.5) is 4.39 Å². The van der Waals surface area contributed by atoms with Crippen LogP contribution in [-0.4, -0.2) is 37.5 Å². The summed E-state index contributed by atoms with van der Waals surface area (Å²) in [4.78, 5) is 14.1. The molecule has 0 aliphatic rings. The molecule has 0 saturated carbocycles. The maximum atomic E-state index is 13.8. The van der Waals surface area contributed by atoms with Gasteiger partial charge in [-0.3, -0.25) is 4.79 Å². The second-order valence-electron chi connectivity index (χ2n) is 5.19. The van der Waals surface area contributed by atoms with Crippen LogP contribution in [0, 0.1) is 11.7 Å². The fourth-order valence-electron chi connectivity index (χ4n) is 1.74. The van der Waals surface area contributed by atoms with E-state index in [1.807, 2.05) is 32.8 Å². The smallest absolute Gasteiger partial charge is 0.254 e. The van der Waals surface area contributed by atoms with Gasteiger partial charge in [0.05, 0.1) is 10.0 Å².